The summed E-state index contributed by atoms with van der Waals surface area (Å²) in [6, 6.07) is 11.7. The van der Waals surface area contributed by atoms with Crippen molar-refractivity contribution in [2.75, 3.05) is 5.73 Å². The lowest BCUT2D eigenvalue weighted by Gasteiger charge is -2.02. The highest BCUT2D eigenvalue weighted by Crippen LogP contribution is 2.31. The minimum Gasteiger partial charge on any atom is -0.469 e. The summed E-state index contributed by atoms with van der Waals surface area (Å²) in [7, 11) is 0. The summed E-state index contributed by atoms with van der Waals surface area (Å²) in [5.74, 6) is 2.12. The zero-order valence-corrected chi connectivity index (χ0v) is 12.3. The normalized spacial score (nSPS) is 10.8. The second-order valence-electron chi connectivity index (χ2n) is 4.45. The highest BCUT2D eigenvalue weighted by molar-refractivity contribution is 9.10. The number of hydrogen-bond acceptors (Lipinski definition) is 4. The molecule has 2 aromatic heterocycles. The molecule has 102 valence electrons. The Morgan fingerprint density at radius 2 is 1.90 bits per heavy atom. The van der Waals surface area contributed by atoms with E-state index in [2.05, 4.69) is 21.1 Å². The van der Waals surface area contributed by atoms with Crippen molar-refractivity contribution in [2.45, 2.75) is 12.8 Å². The number of halogens is 1. The van der Waals surface area contributed by atoms with Gasteiger partial charge in [-0.1, -0.05) is 33.2 Å². The number of rotatable bonds is 4. The average molecular weight is 333 g/mol. The first-order valence-electron chi connectivity index (χ1n) is 6.26. The van der Waals surface area contributed by atoms with E-state index in [-0.39, 0.29) is 0 Å². The number of aryl methyl sites for hydroxylation is 2. The van der Waals surface area contributed by atoms with Crippen LogP contribution in [0.15, 0.2) is 56.1 Å². The van der Waals surface area contributed by atoms with E-state index in [0.29, 0.717) is 12.2 Å². The molecule has 2 heterocycles. The molecule has 1 aromatic carbocycles. The summed E-state index contributed by atoms with van der Waals surface area (Å²) in [5.41, 5.74) is 7.79. The topological polar surface area (TPSA) is 65.2 Å². The molecule has 0 aliphatic rings. The number of nitrogens with zero attached hydrogens (tertiary/aromatic N) is 1. The summed E-state index contributed by atoms with van der Waals surface area (Å²) >= 11 is 3.42. The predicted molar refractivity (Wildman–Crippen MR) is 80.2 cm³/mol. The fraction of sp³-hybridized carbons (Fsp3) is 0.133. The Bertz CT molecular complexity index is 687. The largest absolute Gasteiger partial charge is 0.469 e. The van der Waals surface area contributed by atoms with Gasteiger partial charge in [0.25, 0.3) is 0 Å². The molecule has 0 saturated heterocycles. The minimum absolute atomic E-state index is 0.418. The Morgan fingerprint density at radius 1 is 1.10 bits per heavy atom. The van der Waals surface area contributed by atoms with Crippen molar-refractivity contribution in [3.05, 3.63) is 58.7 Å². The van der Waals surface area contributed by atoms with Gasteiger partial charge in [0.15, 0.2) is 5.82 Å². The van der Waals surface area contributed by atoms with Crippen LogP contribution in [0, 0.1) is 0 Å². The van der Waals surface area contributed by atoms with Crippen LogP contribution in [0.2, 0.25) is 0 Å². The first-order chi connectivity index (χ1) is 9.74. The van der Waals surface area contributed by atoms with E-state index in [9.17, 15) is 0 Å². The summed E-state index contributed by atoms with van der Waals surface area (Å²) in [6.45, 7) is 0. The first kappa shape index (κ1) is 13.0. The summed E-state index contributed by atoms with van der Waals surface area (Å²) in [4.78, 5) is 0. The van der Waals surface area contributed by atoms with Gasteiger partial charge in [-0.15, -0.1) is 0 Å². The number of furan rings is 1. The molecule has 5 heteroatoms. The molecule has 0 fully saturated rings. The van der Waals surface area contributed by atoms with Crippen LogP contribution in [0.1, 0.15) is 11.5 Å². The van der Waals surface area contributed by atoms with Crippen LogP contribution in [0.4, 0.5) is 5.82 Å². The third kappa shape index (κ3) is 2.63. The maximum atomic E-state index is 5.92. The summed E-state index contributed by atoms with van der Waals surface area (Å²) < 4.78 is 11.7. The monoisotopic (exact) mass is 332 g/mol. The molecule has 0 unspecified atom stereocenters. The zero-order chi connectivity index (χ0) is 13.9. The van der Waals surface area contributed by atoms with Gasteiger partial charge in [-0.05, 0) is 29.8 Å². The molecule has 0 aliphatic heterocycles. The van der Waals surface area contributed by atoms with Crippen LogP contribution in [0.25, 0.3) is 11.1 Å². The zero-order valence-electron chi connectivity index (χ0n) is 10.7. The second kappa shape index (κ2) is 5.54. The van der Waals surface area contributed by atoms with Crippen molar-refractivity contribution in [3.8, 4) is 11.1 Å². The molecule has 0 atom stereocenters. The lowest BCUT2D eigenvalue weighted by atomic mass is 10.0. The van der Waals surface area contributed by atoms with Gasteiger partial charge in [-0.3, -0.25) is 0 Å². The Morgan fingerprint density at radius 3 is 2.60 bits per heavy atom. The Hall–Kier alpha value is -2.01. The maximum Gasteiger partial charge on any atom is 0.175 e. The van der Waals surface area contributed by atoms with Crippen molar-refractivity contribution in [3.63, 3.8) is 0 Å². The standard InChI is InChI=1S/C15H13BrN2O2/c16-11-5-3-10(4-6-11)14-13(20-18-15(14)17)8-7-12-2-1-9-19-12/h1-6,9H,7-8H2,(H2,17,18). The van der Waals surface area contributed by atoms with Crippen molar-refractivity contribution in [2.24, 2.45) is 0 Å². The predicted octanol–water partition coefficient (Wildman–Crippen LogP) is 4.06. The molecule has 0 radical (unpaired) electrons. The van der Waals surface area contributed by atoms with Gasteiger partial charge in [0.1, 0.15) is 11.5 Å². The van der Waals surface area contributed by atoms with Gasteiger partial charge < -0.3 is 14.7 Å². The second-order valence-corrected chi connectivity index (χ2v) is 5.37. The number of anilines is 1. The molecule has 2 N–H and O–H groups in total. The van der Waals surface area contributed by atoms with Crippen molar-refractivity contribution < 1.29 is 8.94 Å². The maximum absolute atomic E-state index is 5.92. The summed E-state index contributed by atoms with van der Waals surface area (Å²) in [5, 5.41) is 3.88. The highest BCUT2D eigenvalue weighted by Gasteiger charge is 2.16. The van der Waals surface area contributed by atoms with Gasteiger partial charge in [0.05, 0.1) is 11.8 Å². The molecule has 0 amide bonds. The number of benzene rings is 1. The fourth-order valence-corrected chi connectivity index (χ4v) is 2.39. The molecule has 20 heavy (non-hydrogen) atoms. The first-order valence-corrected chi connectivity index (χ1v) is 7.05. The van der Waals surface area contributed by atoms with Crippen molar-refractivity contribution >= 4 is 21.7 Å². The fourth-order valence-electron chi connectivity index (χ4n) is 2.13. The van der Waals surface area contributed by atoms with E-state index >= 15 is 0 Å². The smallest absolute Gasteiger partial charge is 0.175 e. The SMILES string of the molecule is Nc1noc(CCc2ccco2)c1-c1ccc(Br)cc1. The van der Waals surface area contributed by atoms with E-state index in [1.807, 2.05) is 36.4 Å². The molecular formula is C15H13BrN2O2. The van der Waals surface area contributed by atoms with Crippen LogP contribution in [-0.2, 0) is 12.8 Å². The molecule has 0 spiro atoms. The van der Waals surface area contributed by atoms with Crippen LogP contribution < -0.4 is 5.73 Å². The van der Waals surface area contributed by atoms with E-state index in [4.69, 9.17) is 14.7 Å². The van der Waals surface area contributed by atoms with Crippen LogP contribution in [0.3, 0.4) is 0 Å². The molecule has 0 bridgehead atoms. The number of nitrogens with two attached hydrogens (primary N) is 1. The lowest BCUT2D eigenvalue weighted by molar-refractivity contribution is 0.382. The van der Waals surface area contributed by atoms with Gasteiger partial charge in [-0.2, -0.15) is 0 Å². The quantitative estimate of drug-likeness (QED) is 0.782. The third-order valence-electron chi connectivity index (χ3n) is 3.10. The molecule has 3 rings (SSSR count). The van der Waals surface area contributed by atoms with Crippen molar-refractivity contribution in [1.29, 1.82) is 0 Å². The van der Waals surface area contributed by atoms with Crippen LogP contribution >= 0.6 is 15.9 Å². The lowest BCUT2D eigenvalue weighted by Crippen LogP contribution is -1.93. The van der Waals surface area contributed by atoms with Gasteiger partial charge >= 0.3 is 0 Å². The Labute approximate surface area is 124 Å². The van der Waals surface area contributed by atoms with E-state index in [1.54, 1.807) is 6.26 Å². The van der Waals surface area contributed by atoms with Gasteiger partial charge in [-0.25, -0.2) is 0 Å². The van der Waals surface area contributed by atoms with Crippen LogP contribution in [-0.4, -0.2) is 5.16 Å². The Kier molecular flexibility index (Phi) is 3.60. The number of nitrogen functional groups attached to an aromatic ring is 1. The van der Waals surface area contributed by atoms with E-state index in [0.717, 1.165) is 33.5 Å². The van der Waals surface area contributed by atoms with E-state index in [1.165, 1.54) is 0 Å². The molecular weight excluding hydrogens is 320 g/mol. The average Bonchev–Trinajstić information content (AvgIpc) is 3.07. The van der Waals surface area contributed by atoms with E-state index < -0.39 is 0 Å². The summed E-state index contributed by atoms with van der Waals surface area (Å²) in [6.07, 6.45) is 3.12. The molecule has 0 aliphatic carbocycles. The molecule has 4 nitrogen and oxygen atoms in total. The third-order valence-corrected chi connectivity index (χ3v) is 3.63. The van der Waals surface area contributed by atoms with Crippen LogP contribution in [0.5, 0.6) is 0 Å². The van der Waals surface area contributed by atoms with Gasteiger partial charge in [0.2, 0.25) is 0 Å². The number of aromatic nitrogens is 1. The van der Waals surface area contributed by atoms with Gasteiger partial charge in [0, 0.05) is 17.3 Å². The minimum atomic E-state index is 0.418. The number of hydrogen-bond donors (Lipinski definition) is 1. The molecule has 3 aromatic rings. The highest BCUT2D eigenvalue weighted by atomic mass is 79.9. The molecule has 0 saturated carbocycles. The van der Waals surface area contributed by atoms with Crippen molar-refractivity contribution in [1.82, 2.24) is 5.16 Å². The Balaban J connectivity index is 1.87.